The summed E-state index contributed by atoms with van der Waals surface area (Å²) in [6.45, 7) is 5.92. The molecule has 2 aromatic carbocycles. The minimum absolute atomic E-state index is 0.228. The summed E-state index contributed by atoms with van der Waals surface area (Å²) in [7, 11) is 1.52. The number of hydrogen-bond donors (Lipinski definition) is 2. The van der Waals surface area contributed by atoms with Crippen molar-refractivity contribution in [1.82, 2.24) is 9.88 Å². The van der Waals surface area contributed by atoms with Crippen LogP contribution in [0.1, 0.15) is 26.4 Å². The van der Waals surface area contributed by atoms with Gasteiger partial charge in [-0.05, 0) is 31.2 Å². The third kappa shape index (κ3) is 5.75. The van der Waals surface area contributed by atoms with Crippen LogP contribution in [0.3, 0.4) is 0 Å². The second kappa shape index (κ2) is 10.6. The fraction of sp³-hybridized carbons (Fsp3) is 0.292. The van der Waals surface area contributed by atoms with Crippen LogP contribution in [-0.4, -0.2) is 55.1 Å². The molecule has 1 aromatic heterocycles. The maximum atomic E-state index is 13.3. The Balaban J connectivity index is 1.46. The number of urea groups is 1. The van der Waals surface area contributed by atoms with Crippen LogP contribution in [0.2, 0.25) is 0 Å². The summed E-state index contributed by atoms with van der Waals surface area (Å²) in [5.41, 5.74) is 2.15. The Morgan fingerprint density at radius 1 is 1.12 bits per heavy atom. The van der Waals surface area contributed by atoms with Crippen molar-refractivity contribution >= 4 is 34.0 Å². The largest absolute Gasteiger partial charge is 0.496 e. The van der Waals surface area contributed by atoms with Crippen LogP contribution >= 0.6 is 11.3 Å². The molecule has 0 aliphatic carbocycles. The van der Waals surface area contributed by atoms with Gasteiger partial charge in [0.05, 0.1) is 31.6 Å². The smallest absolute Gasteiger partial charge is 0.325 e. The molecule has 0 bridgehead atoms. The molecule has 2 heterocycles. The molecule has 2 N–H and O–H groups in total. The van der Waals surface area contributed by atoms with E-state index in [0.717, 1.165) is 43.3 Å². The van der Waals surface area contributed by atoms with E-state index in [-0.39, 0.29) is 5.78 Å². The van der Waals surface area contributed by atoms with Crippen molar-refractivity contribution in [2.24, 2.45) is 0 Å². The van der Waals surface area contributed by atoms with Gasteiger partial charge in [-0.25, -0.2) is 9.78 Å². The number of aromatic nitrogens is 1. The number of ether oxygens (including phenoxy) is 2. The van der Waals surface area contributed by atoms with Gasteiger partial charge < -0.3 is 14.8 Å². The minimum atomic E-state index is -0.458. The average Bonchev–Trinajstić information content (AvgIpc) is 3.26. The number of thiazole rings is 1. The van der Waals surface area contributed by atoms with Crippen LogP contribution in [0.4, 0.5) is 15.6 Å². The first-order chi connectivity index (χ1) is 16.0. The highest BCUT2D eigenvalue weighted by molar-refractivity contribution is 7.15. The zero-order valence-electron chi connectivity index (χ0n) is 18.6. The lowest BCUT2D eigenvalue weighted by atomic mass is 9.99. The predicted molar refractivity (Wildman–Crippen MR) is 128 cm³/mol. The van der Waals surface area contributed by atoms with Crippen LogP contribution in [0.15, 0.2) is 48.7 Å². The number of carbonyl (C=O) groups excluding carboxylic acids is 2. The average molecular weight is 467 g/mol. The first-order valence-corrected chi connectivity index (χ1v) is 11.5. The van der Waals surface area contributed by atoms with Crippen LogP contribution in [-0.2, 0) is 11.3 Å². The molecule has 0 atom stereocenters. The van der Waals surface area contributed by atoms with Crippen LogP contribution < -0.4 is 15.4 Å². The quantitative estimate of drug-likeness (QED) is 0.508. The second-order valence-electron chi connectivity index (χ2n) is 7.68. The zero-order valence-corrected chi connectivity index (χ0v) is 19.4. The van der Waals surface area contributed by atoms with E-state index in [1.165, 1.54) is 18.4 Å². The van der Waals surface area contributed by atoms with E-state index in [4.69, 9.17) is 9.47 Å². The maximum Gasteiger partial charge on any atom is 0.325 e. The van der Waals surface area contributed by atoms with Crippen molar-refractivity contribution in [3.63, 3.8) is 0 Å². The van der Waals surface area contributed by atoms with Gasteiger partial charge in [0.25, 0.3) is 0 Å². The van der Waals surface area contributed by atoms with Crippen molar-refractivity contribution in [3.05, 3.63) is 70.2 Å². The Hall–Kier alpha value is -3.27. The van der Waals surface area contributed by atoms with Crippen LogP contribution in [0, 0.1) is 6.92 Å². The monoisotopic (exact) mass is 466 g/mol. The van der Waals surface area contributed by atoms with Gasteiger partial charge in [0, 0.05) is 36.3 Å². The van der Waals surface area contributed by atoms with Gasteiger partial charge >= 0.3 is 6.03 Å². The summed E-state index contributed by atoms with van der Waals surface area (Å²) in [5, 5.41) is 6.06. The molecular formula is C24H26N4O4S. The topological polar surface area (TPSA) is 92.8 Å². The molecule has 172 valence electrons. The SMILES string of the molecule is COc1ccccc1C(=O)c1cc(C)ccc1NC(=O)Nc1ncc(CN2CCOCC2)s1. The van der Waals surface area contributed by atoms with Gasteiger partial charge in [-0.1, -0.05) is 23.8 Å². The fourth-order valence-electron chi connectivity index (χ4n) is 3.60. The predicted octanol–water partition coefficient (Wildman–Crippen LogP) is 4.17. The first kappa shape index (κ1) is 22.9. The third-order valence-corrected chi connectivity index (χ3v) is 6.17. The molecule has 1 aliphatic heterocycles. The number of carbonyl (C=O) groups is 2. The van der Waals surface area contributed by atoms with Crippen molar-refractivity contribution < 1.29 is 19.1 Å². The van der Waals surface area contributed by atoms with E-state index in [1.807, 2.05) is 13.0 Å². The standard InChI is InChI=1S/C24H26N4O4S/c1-16-7-8-20(19(13-16)22(29)18-5-3-4-6-21(18)31-2)26-23(30)27-24-25-14-17(33-24)15-28-9-11-32-12-10-28/h3-8,13-14H,9-12,15H2,1-2H3,(H2,25,26,27,30). The molecule has 0 spiro atoms. The lowest BCUT2D eigenvalue weighted by Crippen LogP contribution is -2.35. The molecule has 3 aromatic rings. The number of morpholine rings is 1. The zero-order chi connectivity index (χ0) is 23.2. The number of aryl methyl sites for hydroxylation is 1. The van der Waals surface area contributed by atoms with Gasteiger partial charge in [0.1, 0.15) is 5.75 Å². The summed E-state index contributed by atoms with van der Waals surface area (Å²) in [6, 6.07) is 11.9. The number of nitrogens with zero attached hydrogens (tertiary/aromatic N) is 2. The van der Waals surface area contributed by atoms with E-state index in [2.05, 4.69) is 20.5 Å². The number of anilines is 2. The van der Waals surface area contributed by atoms with E-state index in [0.29, 0.717) is 27.7 Å². The Bertz CT molecular complexity index is 1140. The highest BCUT2D eigenvalue weighted by Crippen LogP contribution is 2.27. The molecular weight excluding hydrogens is 440 g/mol. The highest BCUT2D eigenvalue weighted by Gasteiger charge is 2.19. The van der Waals surface area contributed by atoms with Crippen molar-refractivity contribution in [2.45, 2.75) is 13.5 Å². The molecule has 0 radical (unpaired) electrons. The summed E-state index contributed by atoms with van der Waals surface area (Å²) in [4.78, 5) is 33.6. The molecule has 0 saturated carbocycles. The number of nitrogens with one attached hydrogen (secondary N) is 2. The molecule has 1 aliphatic rings. The molecule has 9 heteroatoms. The number of para-hydroxylation sites is 1. The van der Waals surface area contributed by atoms with Crippen molar-refractivity contribution in [3.8, 4) is 5.75 Å². The fourth-order valence-corrected chi connectivity index (χ4v) is 4.45. The maximum absolute atomic E-state index is 13.3. The molecule has 0 unspecified atom stereocenters. The van der Waals surface area contributed by atoms with Gasteiger partial charge in [0.2, 0.25) is 0 Å². The van der Waals surface area contributed by atoms with Crippen molar-refractivity contribution in [2.75, 3.05) is 44.0 Å². The van der Waals surface area contributed by atoms with E-state index < -0.39 is 6.03 Å². The summed E-state index contributed by atoms with van der Waals surface area (Å²) in [5.74, 6) is 0.253. The molecule has 4 rings (SSSR count). The van der Waals surface area contributed by atoms with Gasteiger partial charge in [0.15, 0.2) is 10.9 Å². The van der Waals surface area contributed by atoms with Crippen LogP contribution in [0.5, 0.6) is 5.75 Å². The summed E-state index contributed by atoms with van der Waals surface area (Å²) in [6.07, 6.45) is 1.78. The Morgan fingerprint density at radius 2 is 1.91 bits per heavy atom. The molecule has 33 heavy (non-hydrogen) atoms. The Morgan fingerprint density at radius 3 is 2.70 bits per heavy atom. The number of hydrogen-bond acceptors (Lipinski definition) is 7. The third-order valence-electron chi connectivity index (χ3n) is 5.28. The summed E-state index contributed by atoms with van der Waals surface area (Å²) < 4.78 is 10.7. The Labute approximate surface area is 196 Å². The van der Waals surface area contributed by atoms with Gasteiger partial charge in [-0.15, -0.1) is 11.3 Å². The number of amides is 2. The Kier molecular flexibility index (Phi) is 7.33. The van der Waals surface area contributed by atoms with Crippen molar-refractivity contribution in [1.29, 1.82) is 0 Å². The number of methoxy groups -OCH3 is 1. The van der Waals surface area contributed by atoms with Gasteiger partial charge in [-0.2, -0.15) is 0 Å². The minimum Gasteiger partial charge on any atom is -0.496 e. The van der Waals surface area contributed by atoms with E-state index in [1.54, 1.807) is 42.6 Å². The number of ketones is 1. The second-order valence-corrected chi connectivity index (χ2v) is 8.79. The lowest BCUT2D eigenvalue weighted by molar-refractivity contribution is 0.0346. The number of rotatable bonds is 7. The highest BCUT2D eigenvalue weighted by atomic mass is 32.1. The van der Waals surface area contributed by atoms with E-state index >= 15 is 0 Å². The van der Waals surface area contributed by atoms with Gasteiger partial charge in [-0.3, -0.25) is 15.0 Å². The molecule has 8 nitrogen and oxygen atoms in total. The molecule has 1 fully saturated rings. The summed E-state index contributed by atoms with van der Waals surface area (Å²) >= 11 is 1.43. The molecule has 2 amide bonds. The van der Waals surface area contributed by atoms with E-state index in [9.17, 15) is 9.59 Å². The molecule has 1 saturated heterocycles. The number of benzene rings is 2. The normalized spacial score (nSPS) is 14.0. The lowest BCUT2D eigenvalue weighted by Gasteiger charge is -2.25. The van der Waals surface area contributed by atoms with Crippen LogP contribution in [0.25, 0.3) is 0 Å². The first-order valence-electron chi connectivity index (χ1n) is 10.6.